The van der Waals surface area contributed by atoms with Gasteiger partial charge >= 0.3 is 0 Å². The summed E-state index contributed by atoms with van der Waals surface area (Å²) in [7, 11) is 1.64. The van der Waals surface area contributed by atoms with Gasteiger partial charge in [0.1, 0.15) is 5.52 Å². The molecule has 3 rings (SSSR count). The molecule has 0 spiro atoms. The Labute approximate surface area is 133 Å². The minimum Gasteiger partial charge on any atom is -0.369 e. The maximum absolute atomic E-state index is 11.9. The number of hydrogen-bond acceptors (Lipinski definition) is 5. The molecular weight excluding hydrogens is 296 g/mol. The maximum atomic E-state index is 11.9. The number of non-ortho nitro benzene ring substituents is 1. The molecule has 1 unspecified atom stereocenters. The van der Waals surface area contributed by atoms with Crippen molar-refractivity contribution < 1.29 is 9.72 Å². The van der Waals surface area contributed by atoms with Gasteiger partial charge in [-0.05, 0) is 31.0 Å². The highest BCUT2D eigenvalue weighted by molar-refractivity contribution is 5.97. The summed E-state index contributed by atoms with van der Waals surface area (Å²) in [5.41, 5.74) is 1.51. The van der Waals surface area contributed by atoms with Crippen LogP contribution in [0.15, 0.2) is 30.5 Å². The fraction of sp³-hybridized carbons (Fsp3) is 0.375. The zero-order valence-corrected chi connectivity index (χ0v) is 12.9. The molecule has 2 heterocycles. The van der Waals surface area contributed by atoms with Crippen molar-refractivity contribution in [3.63, 3.8) is 0 Å². The van der Waals surface area contributed by atoms with Crippen molar-refractivity contribution in [2.45, 2.75) is 12.8 Å². The summed E-state index contributed by atoms with van der Waals surface area (Å²) < 4.78 is 0. The van der Waals surface area contributed by atoms with Crippen LogP contribution in [0.25, 0.3) is 10.9 Å². The number of fused-ring (bicyclic) bond motifs is 1. The lowest BCUT2D eigenvalue weighted by atomic mass is 9.96. The lowest BCUT2D eigenvalue weighted by Gasteiger charge is -2.33. The third-order valence-corrected chi connectivity index (χ3v) is 4.30. The molecule has 0 aliphatic carbocycles. The molecule has 1 amide bonds. The quantitative estimate of drug-likeness (QED) is 0.692. The fourth-order valence-electron chi connectivity index (χ4n) is 3.17. The first kappa shape index (κ1) is 15.2. The zero-order valence-electron chi connectivity index (χ0n) is 12.9. The molecule has 0 radical (unpaired) electrons. The lowest BCUT2D eigenvalue weighted by molar-refractivity contribution is -0.383. The summed E-state index contributed by atoms with van der Waals surface area (Å²) in [5, 5.41) is 14.4. The van der Waals surface area contributed by atoms with E-state index in [1.165, 1.54) is 6.07 Å². The third kappa shape index (κ3) is 2.81. The number of anilines is 1. The predicted octanol–water partition coefficient (Wildman–Crippen LogP) is 2.11. The molecule has 1 atom stereocenters. The molecule has 1 aliphatic rings. The number of pyridine rings is 1. The first-order valence-electron chi connectivity index (χ1n) is 7.60. The Morgan fingerprint density at radius 3 is 3.00 bits per heavy atom. The maximum Gasteiger partial charge on any atom is 0.278 e. The van der Waals surface area contributed by atoms with E-state index in [-0.39, 0.29) is 17.5 Å². The van der Waals surface area contributed by atoms with E-state index in [4.69, 9.17) is 0 Å². The van der Waals surface area contributed by atoms with Crippen LogP contribution in [0.4, 0.5) is 11.4 Å². The molecule has 2 aromatic rings. The summed E-state index contributed by atoms with van der Waals surface area (Å²) in [5.74, 6) is -0.0309. The van der Waals surface area contributed by atoms with Crippen molar-refractivity contribution in [2.75, 3.05) is 25.0 Å². The third-order valence-electron chi connectivity index (χ3n) is 4.30. The van der Waals surface area contributed by atoms with Crippen molar-refractivity contribution in [1.82, 2.24) is 10.3 Å². The van der Waals surface area contributed by atoms with E-state index in [0.29, 0.717) is 17.4 Å². The minimum atomic E-state index is -0.392. The van der Waals surface area contributed by atoms with Gasteiger partial charge in [-0.25, -0.2) is 0 Å². The molecule has 0 saturated carbocycles. The number of benzene rings is 1. The second-order valence-corrected chi connectivity index (χ2v) is 5.66. The Morgan fingerprint density at radius 1 is 1.43 bits per heavy atom. The van der Waals surface area contributed by atoms with Crippen LogP contribution in [0.2, 0.25) is 0 Å². The number of nitro benzene ring substituents is 1. The van der Waals surface area contributed by atoms with Crippen LogP contribution < -0.4 is 10.2 Å². The minimum absolute atomic E-state index is 0.0360. The highest BCUT2D eigenvalue weighted by Gasteiger charge is 2.27. The van der Waals surface area contributed by atoms with Crippen molar-refractivity contribution in [2.24, 2.45) is 5.92 Å². The summed E-state index contributed by atoms with van der Waals surface area (Å²) in [6, 6.07) is 6.66. The molecular formula is C16H18N4O3. The van der Waals surface area contributed by atoms with Crippen LogP contribution in [-0.4, -0.2) is 36.0 Å². The summed E-state index contributed by atoms with van der Waals surface area (Å²) in [6.45, 7) is 1.42. The molecule has 120 valence electrons. The van der Waals surface area contributed by atoms with Gasteiger partial charge in [-0.15, -0.1) is 0 Å². The largest absolute Gasteiger partial charge is 0.369 e. The van der Waals surface area contributed by atoms with Crippen LogP contribution in [-0.2, 0) is 4.79 Å². The predicted molar refractivity (Wildman–Crippen MR) is 87.4 cm³/mol. The van der Waals surface area contributed by atoms with E-state index in [0.717, 1.165) is 25.1 Å². The molecule has 1 aliphatic heterocycles. The van der Waals surface area contributed by atoms with E-state index in [2.05, 4.69) is 15.2 Å². The van der Waals surface area contributed by atoms with Gasteiger partial charge in [-0.3, -0.25) is 19.9 Å². The zero-order chi connectivity index (χ0) is 16.4. The molecule has 7 heteroatoms. The Bertz CT molecular complexity index is 762. The van der Waals surface area contributed by atoms with Crippen LogP contribution in [0.1, 0.15) is 12.8 Å². The summed E-state index contributed by atoms with van der Waals surface area (Å²) >= 11 is 0. The number of aromatic nitrogens is 1. The average molecular weight is 314 g/mol. The first-order chi connectivity index (χ1) is 11.1. The number of hydrogen-bond donors (Lipinski definition) is 1. The van der Waals surface area contributed by atoms with E-state index in [9.17, 15) is 14.9 Å². The van der Waals surface area contributed by atoms with Gasteiger partial charge in [-0.1, -0.05) is 0 Å². The Hall–Kier alpha value is -2.70. The Kier molecular flexibility index (Phi) is 4.10. The van der Waals surface area contributed by atoms with Gasteiger partial charge in [0.2, 0.25) is 5.91 Å². The fourth-order valence-corrected chi connectivity index (χ4v) is 3.17. The van der Waals surface area contributed by atoms with Crippen LogP contribution >= 0.6 is 0 Å². The number of carbonyl (C=O) groups is 1. The van der Waals surface area contributed by atoms with Gasteiger partial charge in [0.25, 0.3) is 5.69 Å². The number of carbonyl (C=O) groups excluding carboxylic acids is 1. The molecule has 1 aromatic heterocycles. The molecule has 1 N–H and O–H groups in total. The smallest absolute Gasteiger partial charge is 0.278 e. The highest BCUT2D eigenvalue weighted by Crippen LogP contribution is 2.34. The van der Waals surface area contributed by atoms with Crippen molar-refractivity contribution in [3.8, 4) is 0 Å². The van der Waals surface area contributed by atoms with Gasteiger partial charge < -0.3 is 10.2 Å². The molecule has 7 nitrogen and oxygen atoms in total. The molecule has 1 aromatic carbocycles. The topological polar surface area (TPSA) is 88.4 Å². The second kappa shape index (κ2) is 6.20. The number of nitrogens with one attached hydrogen (secondary N) is 1. The van der Waals surface area contributed by atoms with Crippen LogP contribution in [0.3, 0.4) is 0 Å². The summed E-state index contributed by atoms with van der Waals surface area (Å²) in [4.78, 5) is 29.2. The van der Waals surface area contributed by atoms with Crippen molar-refractivity contribution in [3.05, 3.63) is 40.6 Å². The Morgan fingerprint density at radius 2 is 2.26 bits per heavy atom. The molecule has 0 bridgehead atoms. The number of nitrogens with zero attached hydrogens (tertiary/aromatic N) is 3. The average Bonchev–Trinajstić information content (AvgIpc) is 2.60. The van der Waals surface area contributed by atoms with Gasteiger partial charge in [-0.2, -0.15) is 0 Å². The van der Waals surface area contributed by atoms with Gasteiger partial charge in [0.05, 0.1) is 21.9 Å². The highest BCUT2D eigenvalue weighted by atomic mass is 16.6. The van der Waals surface area contributed by atoms with Crippen molar-refractivity contribution >= 4 is 28.2 Å². The molecule has 1 saturated heterocycles. The molecule has 23 heavy (non-hydrogen) atoms. The van der Waals surface area contributed by atoms with E-state index in [1.807, 2.05) is 0 Å². The standard InChI is InChI=1S/C16H18N4O3/c1-17-16(21)11-4-3-9-19(10-11)14-7-6-13(20(22)23)12-5-2-8-18-15(12)14/h2,5-8,11H,3-4,9-10H2,1H3,(H,17,21). The number of piperidine rings is 1. The lowest BCUT2D eigenvalue weighted by Crippen LogP contribution is -2.42. The molecule has 1 fully saturated rings. The normalized spacial score (nSPS) is 18.0. The van der Waals surface area contributed by atoms with Gasteiger partial charge in [0.15, 0.2) is 0 Å². The van der Waals surface area contributed by atoms with Crippen LogP contribution in [0.5, 0.6) is 0 Å². The number of amides is 1. The first-order valence-corrected chi connectivity index (χ1v) is 7.60. The SMILES string of the molecule is CNC(=O)C1CCCN(c2ccc([N+](=O)[O-])c3cccnc23)C1. The van der Waals surface area contributed by atoms with Gasteiger partial charge in [0, 0.05) is 32.4 Å². The van der Waals surface area contributed by atoms with Crippen molar-refractivity contribution in [1.29, 1.82) is 0 Å². The van der Waals surface area contributed by atoms with Crippen LogP contribution in [0, 0.1) is 16.0 Å². The van der Waals surface area contributed by atoms with E-state index in [1.54, 1.807) is 31.4 Å². The van der Waals surface area contributed by atoms with E-state index >= 15 is 0 Å². The monoisotopic (exact) mass is 314 g/mol. The summed E-state index contributed by atoms with van der Waals surface area (Å²) in [6.07, 6.45) is 3.40. The Balaban J connectivity index is 2.02. The number of rotatable bonds is 3. The van der Waals surface area contributed by atoms with E-state index < -0.39 is 4.92 Å². The number of nitro groups is 1. The second-order valence-electron chi connectivity index (χ2n) is 5.66.